The van der Waals surface area contributed by atoms with Gasteiger partial charge in [-0.2, -0.15) is 0 Å². The Labute approximate surface area is 237 Å². The van der Waals surface area contributed by atoms with E-state index in [1.165, 1.54) is 89.9 Å². The highest BCUT2D eigenvalue weighted by molar-refractivity contribution is 4.90. The highest BCUT2D eigenvalue weighted by Gasteiger charge is 2.26. The van der Waals surface area contributed by atoms with Crippen LogP contribution in [0.3, 0.4) is 0 Å². The Morgan fingerprint density at radius 1 is 0.487 bits per heavy atom. The Bertz CT molecular complexity index is 618. The van der Waals surface area contributed by atoms with Crippen LogP contribution in [-0.2, 0) is 33.2 Å². The van der Waals surface area contributed by atoms with Crippen molar-refractivity contribution in [2.24, 2.45) is 0 Å². The van der Waals surface area contributed by atoms with E-state index in [1.807, 2.05) is 0 Å². The Hall–Kier alpha value is -0.540. The van der Waals surface area contributed by atoms with Gasteiger partial charge >= 0.3 is 0 Å². The third kappa shape index (κ3) is 13.3. The van der Waals surface area contributed by atoms with Crippen molar-refractivity contribution in [3.05, 3.63) is 12.2 Å². The first kappa shape index (κ1) is 31.4. The van der Waals surface area contributed by atoms with Crippen LogP contribution in [0.25, 0.3) is 0 Å². The first-order chi connectivity index (χ1) is 19.3. The monoisotopic (exact) mass is 552 g/mol. The lowest BCUT2D eigenvalue weighted by molar-refractivity contribution is -0.189. The van der Waals surface area contributed by atoms with Gasteiger partial charge in [-0.15, -0.1) is 0 Å². The number of ether oxygens (including phenoxy) is 7. The van der Waals surface area contributed by atoms with Crippen molar-refractivity contribution in [2.45, 2.75) is 139 Å². The fourth-order valence-corrected chi connectivity index (χ4v) is 5.92. The molecule has 0 amide bonds. The van der Waals surface area contributed by atoms with E-state index in [1.54, 1.807) is 0 Å². The maximum Gasteiger partial charge on any atom is 0.104 e. The smallest absolute Gasteiger partial charge is 0.104 e. The third-order valence-electron chi connectivity index (χ3n) is 8.46. The standard InChI is InChI=1S/C32H56O7/c1-2-4-8-12-16-27(15-11-7-3-1)34-23-31-25-36-29(21-38-31)19-33-20-30-22-39-32(26-37-30)24-35-28-17-13-9-5-6-10-14-18-28/h11,15,27-32H,1-10,12-14,16-26H2/b15-11-. The minimum Gasteiger partial charge on any atom is -0.376 e. The van der Waals surface area contributed by atoms with Crippen LogP contribution in [0.1, 0.15) is 103 Å². The Kier molecular flexibility index (Phi) is 15.7. The van der Waals surface area contributed by atoms with E-state index in [2.05, 4.69) is 12.2 Å². The van der Waals surface area contributed by atoms with E-state index in [9.17, 15) is 0 Å². The van der Waals surface area contributed by atoms with Crippen molar-refractivity contribution >= 4 is 0 Å². The molecule has 1 saturated carbocycles. The molecule has 2 saturated heterocycles. The first-order valence-electron chi connectivity index (χ1n) is 16.3. The number of allylic oxidation sites excluding steroid dienone is 1. The van der Waals surface area contributed by atoms with Gasteiger partial charge < -0.3 is 33.2 Å². The van der Waals surface area contributed by atoms with Gasteiger partial charge in [-0.25, -0.2) is 0 Å². The lowest BCUT2D eigenvalue weighted by Gasteiger charge is -2.32. The average molecular weight is 553 g/mol. The largest absolute Gasteiger partial charge is 0.376 e. The van der Waals surface area contributed by atoms with Crippen LogP contribution in [0.4, 0.5) is 0 Å². The van der Waals surface area contributed by atoms with E-state index >= 15 is 0 Å². The zero-order chi connectivity index (χ0) is 26.8. The Balaban J connectivity index is 1.01. The van der Waals surface area contributed by atoms with Crippen molar-refractivity contribution in [3.63, 3.8) is 0 Å². The zero-order valence-electron chi connectivity index (χ0n) is 24.4. The third-order valence-corrected chi connectivity index (χ3v) is 8.46. The molecule has 2 heterocycles. The predicted octanol–water partition coefficient (Wildman–Crippen LogP) is 6.17. The van der Waals surface area contributed by atoms with Gasteiger partial charge in [0, 0.05) is 0 Å². The topological polar surface area (TPSA) is 64.6 Å². The van der Waals surface area contributed by atoms with E-state index in [4.69, 9.17) is 33.2 Å². The van der Waals surface area contributed by atoms with Gasteiger partial charge in [0.25, 0.3) is 0 Å². The van der Waals surface area contributed by atoms with Crippen LogP contribution in [0, 0.1) is 0 Å². The molecule has 7 nitrogen and oxygen atoms in total. The molecule has 0 aromatic rings. The van der Waals surface area contributed by atoms with Crippen molar-refractivity contribution in [3.8, 4) is 0 Å². The second-order valence-electron chi connectivity index (χ2n) is 12.0. The van der Waals surface area contributed by atoms with E-state index in [-0.39, 0.29) is 30.5 Å². The van der Waals surface area contributed by atoms with Gasteiger partial charge in [-0.05, 0) is 32.1 Å². The number of rotatable bonds is 10. The predicted molar refractivity (Wildman–Crippen MR) is 152 cm³/mol. The molecule has 5 unspecified atom stereocenters. The molecule has 0 radical (unpaired) electrons. The summed E-state index contributed by atoms with van der Waals surface area (Å²) < 4.78 is 42.4. The van der Waals surface area contributed by atoms with E-state index in [0.29, 0.717) is 59.0 Å². The molecular formula is C32H56O7. The molecule has 0 aromatic carbocycles. The van der Waals surface area contributed by atoms with Crippen LogP contribution < -0.4 is 0 Å². The maximum atomic E-state index is 6.22. The molecule has 4 rings (SSSR count). The molecule has 5 atom stereocenters. The summed E-state index contributed by atoms with van der Waals surface area (Å²) in [6.45, 7) is 4.45. The van der Waals surface area contributed by atoms with Gasteiger partial charge in [-0.3, -0.25) is 0 Å². The lowest BCUT2D eigenvalue weighted by Crippen LogP contribution is -2.43. The molecule has 226 valence electrons. The van der Waals surface area contributed by atoms with Gasteiger partial charge in [0.2, 0.25) is 0 Å². The van der Waals surface area contributed by atoms with E-state index < -0.39 is 0 Å². The molecule has 7 heteroatoms. The molecule has 3 fully saturated rings. The Morgan fingerprint density at radius 3 is 1.51 bits per heavy atom. The normalized spacial score (nSPS) is 33.8. The van der Waals surface area contributed by atoms with Gasteiger partial charge in [-0.1, -0.05) is 82.8 Å². The lowest BCUT2D eigenvalue weighted by atomic mass is 10.1. The molecule has 0 N–H and O–H groups in total. The maximum absolute atomic E-state index is 6.22. The van der Waals surface area contributed by atoms with Crippen molar-refractivity contribution in [1.82, 2.24) is 0 Å². The van der Waals surface area contributed by atoms with Crippen LogP contribution in [-0.4, -0.2) is 89.5 Å². The highest BCUT2D eigenvalue weighted by atomic mass is 16.6. The summed E-state index contributed by atoms with van der Waals surface area (Å²) in [6, 6.07) is 0. The van der Waals surface area contributed by atoms with Crippen molar-refractivity contribution in [2.75, 3.05) is 52.9 Å². The quantitative estimate of drug-likeness (QED) is 0.301. The van der Waals surface area contributed by atoms with Crippen molar-refractivity contribution in [1.29, 1.82) is 0 Å². The van der Waals surface area contributed by atoms with Gasteiger partial charge in [0.05, 0.1) is 65.1 Å². The second-order valence-corrected chi connectivity index (χ2v) is 12.0. The zero-order valence-corrected chi connectivity index (χ0v) is 24.4. The summed E-state index contributed by atoms with van der Waals surface area (Å²) in [5.41, 5.74) is 0. The fourth-order valence-electron chi connectivity index (χ4n) is 5.92. The first-order valence-corrected chi connectivity index (χ1v) is 16.3. The average Bonchev–Trinajstić information content (AvgIpc) is 3.06. The SMILES string of the molecule is C1=C\C(OCC2COC(COCC3COC(COC4CCCCCCCC4)CO3)CO2)CCCCCCCC/1. The fraction of sp³-hybridized carbons (Fsp3) is 0.938. The van der Waals surface area contributed by atoms with Gasteiger partial charge in [0.1, 0.15) is 24.4 Å². The summed E-state index contributed by atoms with van der Waals surface area (Å²) in [5, 5.41) is 0. The van der Waals surface area contributed by atoms with Crippen molar-refractivity contribution < 1.29 is 33.2 Å². The van der Waals surface area contributed by atoms with Crippen LogP contribution in [0.5, 0.6) is 0 Å². The molecule has 0 bridgehead atoms. The summed E-state index contributed by atoms with van der Waals surface area (Å²) in [5.74, 6) is 0. The minimum absolute atomic E-state index is 0.00561. The number of hydrogen-bond acceptors (Lipinski definition) is 7. The summed E-state index contributed by atoms with van der Waals surface area (Å²) >= 11 is 0. The van der Waals surface area contributed by atoms with Crippen LogP contribution >= 0.6 is 0 Å². The van der Waals surface area contributed by atoms with E-state index in [0.717, 1.165) is 12.8 Å². The minimum atomic E-state index is -0.0443. The van der Waals surface area contributed by atoms with Crippen LogP contribution in [0.2, 0.25) is 0 Å². The second kappa shape index (κ2) is 19.6. The molecule has 2 aliphatic heterocycles. The summed E-state index contributed by atoms with van der Waals surface area (Å²) in [7, 11) is 0. The summed E-state index contributed by atoms with van der Waals surface area (Å²) in [6.07, 6.45) is 25.6. The number of hydrogen-bond donors (Lipinski definition) is 0. The molecule has 2 aliphatic carbocycles. The molecule has 39 heavy (non-hydrogen) atoms. The Morgan fingerprint density at radius 2 is 0.949 bits per heavy atom. The molecule has 0 aromatic heterocycles. The summed E-state index contributed by atoms with van der Waals surface area (Å²) in [4.78, 5) is 0. The van der Waals surface area contributed by atoms with Gasteiger partial charge in [0.15, 0.2) is 0 Å². The molecular weight excluding hydrogens is 496 g/mol. The van der Waals surface area contributed by atoms with Crippen LogP contribution in [0.15, 0.2) is 12.2 Å². The molecule has 4 aliphatic rings. The highest BCUT2D eigenvalue weighted by Crippen LogP contribution is 2.21. The molecule has 0 spiro atoms.